The average Bonchev–Trinajstić information content (AvgIpc) is 2.40. The first-order chi connectivity index (χ1) is 8.70. The Hall–Kier alpha value is -0.870. The van der Waals surface area contributed by atoms with Crippen molar-refractivity contribution < 1.29 is 4.79 Å². The lowest BCUT2D eigenvalue weighted by atomic mass is 10.0. The van der Waals surface area contributed by atoms with Crippen LogP contribution in [0.3, 0.4) is 0 Å². The third-order valence-electron chi connectivity index (χ3n) is 2.77. The molecule has 0 unspecified atom stereocenters. The van der Waals surface area contributed by atoms with Crippen LogP contribution >= 0.6 is 23.5 Å². The second-order valence-corrected chi connectivity index (χ2v) is 6.94. The molecule has 0 atom stereocenters. The summed E-state index contributed by atoms with van der Waals surface area (Å²) < 4.78 is 0.191. The van der Waals surface area contributed by atoms with Crippen LogP contribution < -0.4 is 5.73 Å². The summed E-state index contributed by atoms with van der Waals surface area (Å²) in [6.45, 7) is 1.83. The molecule has 0 aliphatic carbocycles. The molecule has 0 saturated carbocycles. The maximum atomic E-state index is 12.5. The highest BCUT2D eigenvalue weighted by Gasteiger charge is 2.26. The van der Waals surface area contributed by atoms with E-state index in [4.69, 9.17) is 5.73 Å². The Labute approximate surface area is 116 Å². The maximum absolute atomic E-state index is 12.5. The first-order valence-electron chi connectivity index (χ1n) is 5.99. The number of nitrogens with two attached hydrogens (primary N) is 1. The smallest absolute Gasteiger partial charge is 0.192 e. The summed E-state index contributed by atoms with van der Waals surface area (Å²) >= 11 is 3.65. The Bertz CT molecular complexity index is 446. The van der Waals surface area contributed by atoms with Crippen LogP contribution in [0.4, 0.5) is 0 Å². The molecular formula is C14H17NOS2. The number of carbonyl (C=O) groups excluding carboxylic acids is 1. The van der Waals surface area contributed by atoms with Crippen molar-refractivity contribution in [2.45, 2.75) is 17.9 Å². The molecule has 2 rings (SSSR count). The van der Waals surface area contributed by atoms with Gasteiger partial charge < -0.3 is 5.73 Å². The number of rotatable bonds is 3. The standard InChI is InChI=1S/C14H17NOS2/c1-10(15)12(14-17-8-5-9-18-14)13(16)11-6-3-2-4-7-11/h2-4,6-7,14H,5,8-9,15H2,1H3/b12-10-. The summed E-state index contributed by atoms with van der Waals surface area (Å²) in [6, 6.07) is 9.39. The number of benzene rings is 1. The summed E-state index contributed by atoms with van der Waals surface area (Å²) in [4.78, 5) is 12.5. The molecule has 4 heteroatoms. The zero-order valence-electron chi connectivity index (χ0n) is 10.4. The fraction of sp³-hybridized carbons (Fsp3) is 0.357. The summed E-state index contributed by atoms with van der Waals surface area (Å²) in [6.07, 6.45) is 1.21. The van der Waals surface area contributed by atoms with Crippen LogP contribution in [0, 0.1) is 0 Å². The van der Waals surface area contributed by atoms with Crippen LogP contribution in [0.25, 0.3) is 0 Å². The van der Waals surface area contributed by atoms with Gasteiger partial charge in [0.2, 0.25) is 0 Å². The van der Waals surface area contributed by atoms with E-state index in [1.165, 1.54) is 6.42 Å². The minimum Gasteiger partial charge on any atom is -0.402 e. The molecule has 0 amide bonds. The highest BCUT2D eigenvalue weighted by atomic mass is 32.2. The normalized spacial score (nSPS) is 18.3. The summed E-state index contributed by atoms with van der Waals surface area (Å²) in [5.74, 6) is 2.29. The molecule has 0 bridgehead atoms. The minimum atomic E-state index is 0.0718. The molecule has 1 heterocycles. The van der Waals surface area contributed by atoms with Gasteiger partial charge in [-0.1, -0.05) is 30.3 Å². The lowest BCUT2D eigenvalue weighted by Gasteiger charge is -2.24. The van der Waals surface area contributed by atoms with Gasteiger partial charge in [-0.3, -0.25) is 4.79 Å². The van der Waals surface area contributed by atoms with Crippen molar-refractivity contribution in [2.24, 2.45) is 5.73 Å². The summed E-state index contributed by atoms with van der Waals surface area (Å²) in [5.41, 5.74) is 8.09. The van der Waals surface area contributed by atoms with E-state index < -0.39 is 0 Å². The van der Waals surface area contributed by atoms with E-state index in [1.807, 2.05) is 60.8 Å². The molecule has 1 aromatic carbocycles. The first kappa shape index (κ1) is 13.6. The Morgan fingerprint density at radius 2 is 1.83 bits per heavy atom. The first-order valence-corrected chi connectivity index (χ1v) is 8.09. The van der Waals surface area contributed by atoms with E-state index in [9.17, 15) is 4.79 Å². The molecule has 2 nitrogen and oxygen atoms in total. The summed E-state index contributed by atoms with van der Waals surface area (Å²) in [7, 11) is 0. The Kier molecular flexibility index (Phi) is 4.78. The topological polar surface area (TPSA) is 43.1 Å². The zero-order valence-corrected chi connectivity index (χ0v) is 12.0. The largest absolute Gasteiger partial charge is 0.402 e. The monoisotopic (exact) mass is 279 g/mol. The van der Waals surface area contributed by atoms with Gasteiger partial charge in [0.15, 0.2) is 5.78 Å². The molecule has 1 fully saturated rings. The van der Waals surface area contributed by atoms with Gasteiger partial charge in [0.25, 0.3) is 0 Å². The number of carbonyl (C=O) groups is 1. The van der Waals surface area contributed by atoms with Gasteiger partial charge in [0.05, 0.1) is 4.58 Å². The van der Waals surface area contributed by atoms with E-state index >= 15 is 0 Å². The molecule has 1 aromatic rings. The third-order valence-corrected chi connectivity index (χ3v) is 5.71. The van der Waals surface area contributed by atoms with Gasteiger partial charge in [-0.25, -0.2) is 0 Å². The van der Waals surface area contributed by atoms with Crippen molar-refractivity contribution in [3.05, 3.63) is 47.2 Å². The molecule has 2 N–H and O–H groups in total. The van der Waals surface area contributed by atoms with Crippen molar-refractivity contribution in [1.29, 1.82) is 0 Å². The van der Waals surface area contributed by atoms with E-state index in [2.05, 4.69) is 0 Å². The van der Waals surface area contributed by atoms with Gasteiger partial charge in [0, 0.05) is 16.8 Å². The zero-order chi connectivity index (χ0) is 13.0. The van der Waals surface area contributed by atoms with E-state index in [1.54, 1.807) is 0 Å². The van der Waals surface area contributed by atoms with Crippen LogP contribution in [-0.4, -0.2) is 21.9 Å². The number of thioether (sulfide) groups is 2. The minimum absolute atomic E-state index is 0.0718. The van der Waals surface area contributed by atoms with Gasteiger partial charge in [-0.15, -0.1) is 23.5 Å². The number of ketones is 1. The Morgan fingerprint density at radius 1 is 1.22 bits per heavy atom. The van der Waals surface area contributed by atoms with Crippen LogP contribution in [-0.2, 0) is 0 Å². The second kappa shape index (κ2) is 6.34. The predicted molar refractivity (Wildman–Crippen MR) is 81.0 cm³/mol. The fourth-order valence-electron chi connectivity index (χ4n) is 1.87. The molecular weight excluding hydrogens is 262 g/mol. The molecule has 0 radical (unpaired) electrons. The molecule has 0 aromatic heterocycles. The van der Waals surface area contributed by atoms with E-state index in [0.717, 1.165) is 22.6 Å². The summed E-state index contributed by atoms with van der Waals surface area (Å²) in [5, 5.41) is 0. The molecule has 1 aliphatic heterocycles. The molecule has 1 aliphatic rings. The maximum Gasteiger partial charge on any atom is 0.192 e. The van der Waals surface area contributed by atoms with Crippen molar-refractivity contribution in [1.82, 2.24) is 0 Å². The number of Topliss-reactive ketones (excluding diaryl/α,β-unsaturated/α-hetero) is 1. The average molecular weight is 279 g/mol. The third kappa shape index (κ3) is 3.12. The highest BCUT2D eigenvalue weighted by Crippen LogP contribution is 2.37. The molecule has 1 saturated heterocycles. The predicted octanol–water partition coefficient (Wildman–Crippen LogP) is 3.30. The fourth-order valence-corrected chi connectivity index (χ4v) is 4.99. The van der Waals surface area contributed by atoms with Crippen molar-refractivity contribution >= 4 is 29.3 Å². The Morgan fingerprint density at radius 3 is 2.39 bits per heavy atom. The van der Waals surface area contributed by atoms with Crippen molar-refractivity contribution in [3.8, 4) is 0 Å². The number of hydrogen-bond donors (Lipinski definition) is 1. The van der Waals surface area contributed by atoms with Crippen LogP contribution in [0.1, 0.15) is 23.7 Å². The van der Waals surface area contributed by atoms with Crippen LogP contribution in [0.2, 0.25) is 0 Å². The number of allylic oxidation sites excluding steroid dienone is 1. The van der Waals surface area contributed by atoms with Gasteiger partial charge in [-0.2, -0.15) is 0 Å². The Balaban J connectivity index is 2.26. The van der Waals surface area contributed by atoms with Crippen molar-refractivity contribution in [3.63, 3.8) is 0 Å². The highest BCUT2D eigenvalue weighted by molar-refractivity contribution is 8.17. The molecule has 0 spiro atoms. The van der Waals surface area contributed by atoms with E-state index in [-0.39, 0.29) is 10.4 Å². The lowest BCUT2D eigenvalue weighted by molar-refractivity contribution is 0.103. The SMILES string of the molecule is C/C(N)=C(\C(=O)c1ccccc1)C1SCCCS1. The van der Waals surface area contributed by atoms with Crippen LogP contribution in [0.15, 0.2) is 41.6 Å². The number of hydrogen-bond acceptors (Lipinski definition) is 4. The van der Waals surface area contributed by atoms with Gasteiger partial charge >= 0.3 is 0 Å². The molecule has 18 heavy (non-hydrogen) atoms. The molecule has 96 valence electrons. The van der Waals surface area contributed by atoms with E-state index in [0.29, 0.717) is 5.70 Å². The van der Waals surface area contributed by atoms with Gasteiger partial charge in [-0.05, 0) is 24.9 Å². The second-order valence-electron chi connectivity index (χ2n) is 4.22. The quantitative estimate of drug-likeness (QED) is 0.681. The van der Waals surface area contributed by atoms with Gasteiger partial charge in [0.1, 0.15) is 0 Å². The van der Waals surface area contributed by atoms with Crippen molar-refractivity contribution in [2.75, 3.05) is 11.5 Å². The lowest BCUT2D eigenvalue weighted by Crippen LogP contribution is -2.20. The van der Waals surface area contributed by atoms with Crippen LogP contribution in [0.5, 0.6) is 0 Å².